The van der Waals surface area contributed by atoms with Crippen molar-refractivity contribution in [3.05, 3.63) is 42.0 Å². The van der Waals surface area contributed by atoms with E-state index in [0.29, 0.717) is 6.54 Å². The summed E-state index contributed by atoms with van der Waals surface area (Å²) >= 11 is 0. The number of hydrogen-bond acceptors (Lipinski definition) is 3. The summed E-state index contributed by atoms with van der Waals surface area (Å²) in [7, 11) is 0. The van der Waals surface area contributed by atoms with E-state index in [9.17, 15) is 0 Å². The van der Waals surface area contributed by atoms with Gasteiger partial charge in [-0.25, -0.2) is 0 Å². The molecule has 1 rings (SSSR count). The molecule has 0 heterocycles. The highest BCUT2D eigenvalue weighted by molar-refractivity contribution is 5.48. The number of hydrogen-bond donors (Lipinski definition) is 3. The predicted octanol–water partition coefficient (Wildman–Crippen LogP) is 0.753. The molecule has 0 fully saturated rings. The van der Waals surface area contributed by atoms with Gasteiger partial charge in [-0.1, -0.05) is 42.5 Å². The minimum atomic E-state index is 0.648. The molecule has 0 spiro atoms. The van der Waals surface area contributed by atoms with Crippen LogP contribution in [0.5, 0.6) is 0 Å². The molecular weight excluding hydrogens is 174 g/mol. The van der Waals surface area contributed by atoms with E-state index in [1.54, 1.807) is 0 Å². The van der Waals surface area contributed by atoms with E-state index in [4.69, 9.17) is 5.73 Å². The van der Waals surface area contributed by atoms with Crippen LogP contribution in [0.3, 0.4) is 0 Å². The molecule has 3 heteroatoms. The van der Waals surface area contributed by atoms with Crippen molar-refractivity contribution in [3.63, 3.8) is 0 Å². The third kappa shape index (κ3) is 4.77. The molecule has 0 atom stereocenters. The maximum Gasteiger partial charge on any atom is 0.0284 e. The molecular formula is C11H17N3. The zero-order chi connectivity index (χ0) is 10.1. The summed E-state index contributed by atoms with van der Waals surface area (Å²) in [6, 6.07) is 10.2. The van der Waals surface area contributed by atoms with Crippen molar-refractivity contribution in [1.29, 1.82) is 0 Å². The second-order valence-electron chi connectivity index (χ2n) is 2.91. The van der Waals surface area contributed by atoms with Gasteiger partial charge < -0.3 is 5.73 Å². The van der Waals surface area contributed by atoms with E-state index in [2.05, 4.69) is 35.1 Å². The van der Waals surface area contributed by atoms with Crippen LogP contribution in [-0.4, -0.2) is 19.6 Å². The van der Waals surface area contributed by atoms with E-state index in [1.807, 2.05) is 18.2 Å². The summed E-state index contributed by atoms with van der Waals surface area (Å²) in [4.78, 5) is 0. The van der Waals surface area contributed by atoms with Crippen molar-refractivity contribution in [2.45, 2.75) is 0 Å². The second kappa shape index (κ2) is 7.26. The molecule has 3 nitrogen and oxygen atoms in total. The van der Waals surface area contributed by atoms with Gasteiger partial charge >= 0.3 is 0 Å². The summed E-state index contributed by atoms with van der Waals surface area (Å²) in [6.07, 6.45) is 4.15. The van der Waals surface area contributed by atoms with Gasteiger partial charge in [0.15, 0.2) is 0 Å². The van der Waals surface area contributed by atoms with Crippen LogP contribution >= 0.6 is 0 Å². The predicted molar refractivity (Wildman–Crippen MR) is 60.5 cm³/mol. The lowest BCUT2D eigenvalue weighted by Crippen LogP contribution is -2.35. The Bertz CT molecular complexity index is 256. The Morgan fingerprint density at radius 3 is 2.64 bits per heavy atom. The van der Waals surface area contributed by atoms with Gasteiger partial charge in [0.05, 0.1) is 0 Å². The Morgan fingerprint density at radius 1 is 1.14 bits per heavy atom. The molecule has 0 saturated heterocycles. The number of nitrogens with two attached hydrogens (primary N) is 1. The van der Waals surface area contributed by atoms with Crippen LogP contribution in [0, 0.1) is 0 Å². The number of rotatable bonds is 6. The molecule has 0 bridgehead atoms. The molecule has 4 N–H and O–H groups in total. The molecule has 1 aromatic rings. The van der Waals surface area contributed by atoms with Gasteiger partial charge in [-0.05, 0) is 5.56 Å². The van der Waals surface area contributed by atoms with Crippen molar-refractivity contribution in [3.8, 4) is 0 Å². The van der Waals surface area contributed by atoms with Gasteiger partial charge in [0.1, 0.15) is 0 Å². The quantitative estimate of drug-likeness (QED) is 0.459. The Hall–Kier alpha value is -1.16. The summed E-state index contributed by atoms with van der Waals surface area (Å²) in [5.74, 6) is 0. The van der Waals surface area contributed by atoms with Crippen LogP contribution in [0.2, 0.25) is 0 Å². The Labute approximate surface area is 85.0 Å². The molecule has 76 valence electrons. The monoisotopic (exact) mass is 191 g/mol. The topological polar surface area (TPSA) is 50.1 Å². The number of benzene rings is 1. The fourth-order valence-corrected chi connectivity index (χ4v) is 1.05. The van der Waals surface area contributed by atoms with Crippen molar-refractivity contribution >= 4 is 6.08 Å². The van der Waals surface area contributed by atoms with Gasteiger partial charge in [-0.3, -0.25) is 10.9 Å². The van der Waals surface area contributed by atoms with E-state index >= 15 is 0 Å². The van der Waals surface area contributed by atoms with Gasteiger partial charge in [0.25, 0.3) is 0 Å². The first-order valence-electron chi connectivity index (χ1n) is 4.81. The molecule has 14 heavy (non-hydrogen) atoms. The lowest BCUT2D eigenvalue weighted by molar-refractivity contribution is 0.575. The van der Waals surface area contributed by atoms with Crippen molar-refractivity contribution in [2.24, 2.45) is 5.73 Å². The highest BCUT2D eigenvalue weighted by atomic mass is 15.3. The van der Waals surface area contributed by atoms with Crippen molar-refractivity contribution in [1.82, 2.24) is 10.9 Å². The first kappa shape index (κ1) is 10.9. The fourth-order valence-electron chi connectivity index (χ4n) is 1.05. The van der Waals surface area contributed by atoms with E-state index in [0.717, 1.165) is 13.1 Å². The lowest BCUT2D eigenvalue weighted by Gasteiger charge is -2.01. The van der Waals surface area contributed by atoms with E-state index in [1.165, 1.54) is 5.56 Å². The Morgan fingerprint density at radius 2 is 1.93 bits per heavy atom. The van der Waals surface area contributed by atoms with Crippen LogP contribution in [-0.2, 0) is 0 Å². The smallest absolute Gasteiger partial charge is 0.0284 e. The summed E-state index contributed by atoms with van der Waals surface area (Å²) < 4.78 is 0. The largest absolute Gasteiger partial charge is 0.329 e. The Balaban J connectivity index is 2.15. The fraction of sp³-hybridized carbons (Fsp3) is 0.273. The van der Waals surface area contributed by atoms with Crippen LogP contribution < -0.4 is 16.6 Å². The average Bonchev–Trinajstić information content (AvgIpc) is 2.25. The zero-order valence-electron chi connectivity index (χ0n) is 8.24. The van der Waals surface area contributed by atoms with E-state index < -0.39 is 0 Å². The standard InChI is InChI=1S/C11H17N3/c12-8-10-14-13-9-4-7-11-5-2-1-3-6-11/h1-7,13-14H,8-10,12H2. The zero-order valence-corrected chi connectivity index (χ0v) is 8.24. The first-order chi connectivity index (χ1) is 6.93. The summed E-state index contributed by atoms with van der Waals surface area (Å²) in [5, 5.41) is 0. The Kier molecular flexibility index (Phi) is 5.66. The summed E-state index contributed by atoms with van der Waals surface area (Å²) in [6.45, 7) is 2.24. The molecule has 0 unspecified atom stereocenters. The maximum absolute atomic E-state index is 5.31. The minimum Gasteiger partial charge on any atom is -0.329 e. The van der Waals surface area contributed by atoms with Crippen molar-refractivity contribution < 1.29 is 0 Å². The first-order valence-corrected chi connectivity index (χ1v) is 4.81. The molecule has 0 aliphatic rings. The molecule has 1 aromatic carbocycles. The lowest BCUT2D eigenvalue weighted by atomic mass is 10.2. The van der Waals surface area contributed by atoms with Crippen LogP contribution in [0.4, 0.5) is 0 Å². The highest BCUT2D eigenvalue weighted by Gasteiger charge is 1.82. The third-order valence-corrected chi connectivity index (χ3v) is 1.72. The second-order valence-corrected chi connectivity index (χ2v) is 2.91. The molecule has 0 aromatic heterocycles. The third-order valence-electron chi connectivity index (χ3n) is 1.72. The maximum atomic E-state index is 5.31. The van der Waals surface area contributed by atoms with Crippen LogP contribution in [0.15, 0.2) is 36.4 Å². The SMILES string of the molecule is NCCNNCC=Cc1ccccc1. The summed E-state index contributed by atoms with van der Waals surface area (Å²) in [5.41, 5.74) is 12.6. The molecule has 0 radical (unpaired) electrons. The molecule has 0 saturated carbocycles. The van der Waals surface area contributed by atoms with Gasteiger partial charge in [0.2, 0.25) is 0 Å². The van der Waals surface area contributed by atoms with Crippen LogP contribution in [0.1, 0.15) is 5.56 Å². The van der Waals surface area contributed by atoms with Crippen molar-refractivity contribution in [2.75, 3.05) is 19.6 Å². The number of nitrogens with one attached hydrogen (secondary N) is 2. The normalized spacial score (nSPS) is 10.9. The van der Waals surface area contributed by atoms with E-state index in [-0.39, 0.29) is 0 Å². The van der Waals surface area contributed by atoms with Gasteiger partial charge in [0, 0.05) is 19.6 Å². The average molecular weight is 191 g/mol. The minimum absolute atomic E-state index is 0.648. The highest BCUT2D eigenvalue weighted by Crippen LogP contribution is 1.99. The van der Waals surface area contributed by atoms with Crippen LogP contribution in [0.25, 0.3) is 6.08 Å². The molecule has 0 aliphatic carbocycles. The molecule has 0 aliphatic heterocycles. The van der Waals surface area contributed by atoms with Gasteiger partial charge in [-0.2, -0.15) is 0 Å². The number of hydrazine groups is 1. The van der Waals surface area contributed by atoms with Gasteiger partial charge in [-0.15, -0.1) is 0 Å². The molecule has 0 amide bonds.